The van der Waals surface area contributed by atoms with Crippen molar-refractivity contribution < 1.29 is 9.59 Å². The number of aryl methyl sites for hydroxylation is 2. The molecule has 2 amide bonds. The van der Waals surface area contributed by atoms with Gasteiger partial charge in [0.15, 0.2) is 5.82 Å². The van der Waals surface area contributed by atoms with Crippen LogP contribution in [0.15, 0.2) is 12.1 Å². The zero-order valence-corrected chi connectivity index (χ0v) is 16.7. The first-order valence-electron chi connectivity index (χ1n) is 8.68. The minimum atomic E-state index is -0.834. The minimum Gasteiger partial charge on any atom is -0.365 e. The molecule has 0 aliphatic heterocycles. The summed E-state index contributed by atoms with van der Waals surface area (Å²) in [7, 11) is 0. The number of hydrogen-bond acceptors (Lipinski definition) is 8. The van der Waals surface area contributed by atoms with E-state index in [0.717, 1.165) is 20.9 Å². The number of amides is 2. The molecule has 0 fully saturated rings. The Bertz CT molecular complexity index is 992. The third-order valence-corrected chi connectivity index (χ3v) is 7.61. The molecule has 11 heteroatoms. The fourth-order valence-electron chi connectivity index (χ4n) is 3.87. The lowest BCUT2D eigenvalue weighted by molar-refractivity contribution is 0.0995. The van der Waals surface area contributed by atoms with Crippen molar-refractivity contribution in [3.05, 3.63) is 48.6 Å². The molecule has 1 atom stereocenters. The second-order valence-electron chi connectivity index (χ2n) is 6.98. The summed E-state index contributed by atoms with van der Waals surface area (Å²) < 4.78 is 0. The van der Waals surface area contributed by atoms with E-state index < -0.39 is 17.2 Å². The van der Waals surface area contributed by atoms with Crippen molar-refractivity contribution in [2.45, 2.75) is 37.6 Å². The summed E-state index contributed by atoms with van der Waals surface area (Å²) in [5, 5.41) is 14.9. The smallest absolute Gasteiger partial charge is 0.258 e. The Morgan fingerprint density at radius 3 is 2.07 bits per heavy atom. The maximum Gasteiger partial charge on any atom is 0.258 e. The quantitative estimate of drug-likeness (QED) is 0.476. The predicted molar refractivity (Wildman–Crippen MR) is 105 cm³/mol. The zero-order valence-electron chi connectivity index (χ0n) is 15.1. The van der Waals surface area contributed by atoms with Gasteiger partial charge < -0.3 is 17.2 Å². The molecular weight excluding hydrogens is 398 g/mol. The summed E-state index contributed by atoms with van der Waals surface area (Å²) in [6.07, 6.45) is 1.86. The molecule has 0 saturated carbocycles. The summed E-state index contributed by atoms with van der Waals surface area (Å²) in [6.45, 7) is 1.90. The number of primary amides is 2. The number of hydrogen-bond donors (Lipinski definition) is 4. The van der Waals surface area contributed by atoms with Gasteiger partial charge in [-0.1, -0.05) is 5.21 Å². The fourth-order valence-corrected chi connectivity index (χ4v) is 6.47. The average Bonchev–Trinajstić information content (AvgIpc) is 3.35. The number of carbonyl (C=O) groups is 2. The van der Waals surface area contributed by atoms with Gasteiger partial charge in [-0.25, -0.2) is 0 Å². The fraction of sp³-hybridized carbons (Fsp3) is 0.353. The first-order chi connectivity index (χ1) is 13.3. The van der Waals surface area contributed by atoms with Gasteiger partial charge in [0.05, 0.1) is 9.75 Å². The summed E-state index contributed by atoms with van der Waals surface area (Å²) in [5.41, 5.74) is 18.5. The molecule has 9 nitrogen and oxygen atoms in total. The molecule has 0 saturated heterocycles. The van der Waals surface area contributed by atoms with Gasteiger partial charge in [-0.3, -0.25) is 9.59 Å². The van der Waals surface area contributed by atoms with Crippen molar-refractivity contribution in [1.82, 2.24) is 20.6 Å². The van der Waals surface area contributed by atoms with E-state index in [2.05, 4.69) is 20.6 Å². The number of nitrogens with zero attached hydrogens (tertiary/aromatic N) is 3. The van der Waals surface area contributed by atoms with Crippen molar-refractivity contribution >= 4 is 34.5 Å². The summed E-state index contributed by atoms with van der Waals surface area (Å²) in [4.78, 5) is 26.5. The van der Waals surface area contributed by atoms with E-state index >= 15 is 0 Å². The van der Waals surface area contributed by atoms with Gasteiger partial charge in [-0.15, -0.1) is 32.9 Å². The number of H-pyrrole nitrogens is 1. The molecule has 0 unspecified atom stereocenters. The lowest BCUT2D eigenvalue weighted by Gasteiger charge is -2.31. The Balaban J connectivity index is 2.08. The highest BCUT2D eigenvalue weighted by molar-refractivity contribution is 7.16. The summed E-state index contributed by atoms with van der Waals surface area (Å²) in [5.74, 6) is -0.514. The Labute approximate surface area is 168 Å². The lowest BCUT2D eigenvalue weighted by atomic mass is 9.76. The van der Waals surface area contributed by atoms with E-state index in [-0.39, 0.29) is 6.04 Å². The van der Waals surface area contributed by atoms with E-state index in [1.54, 1.807) is 0 Å². The first kappa shape index (κ1) is 18.7. The summed E-state index contributed by atoms with van der Waals surface area (Å²) in [6, 6.07) is 3.46. The molecular formula is C17H19N7O2S2. The highest BCUT2D eigenvalue weighted by Gasteiger charge is 2.48. The standard InChI is InChI=1S/C17H19N7O2S2/c1-7(18)6-17(16-21-23-24-22-16)12-8(4-10(27-12)14(19)25)2-3-9-5-11(15(20)26)28-13(9)17/h4-5,7H,2-3,6,18H2,1H3,(H2,19,25)(H2,20,26)(H,21,22,23,24)/t7-/m1/s1. The van der Waals surface area contributed by atoms with Crippen molar-refractivity contribution in [2.24, 2.45) is 17.2 Å². The number of carbonyl (C=O) groups excluding carboxylic acids is 2. The molecule has 0 bridgehead atoms. The number of nitrogens with one attached hydrogen (secondary N) is 1. The largest absolute Gasteiger partial charge is 0.365 e. The molecule has 28 heavy (non-hydrogen) atoms. The lowest BCUT2D eigenvalue weighted by Crippen LogP contribution is -2.36. The number of aromatic amines is 1. The van der Waals surface area contributed by atoms with Crippen LogP contribution in [0.25, 0.3) is 0 Å². The molecule has 3 heterocycles. The Kier molecular flexibility index (Phi) is 4.52. The topological polar surface area (TPSA) is 167 Å². The molecule has 3 aromatic rings. The molecule has 146 valence electrons. The molecule has 1 aliphatic rings. The van der Waals surface area contributed by atoms with E-state index in [0.29, 0.717) is 34.8 Å². The first-order valence-corrected chi connectivity index (χ1v) is 10.3. The van der Waals surface area contributed by atoms with Crippen LogP contribution in [0.3, 0.4) is 0 Å². The third-order valence-electron chi connectivity index (χ3n) is 4.90. The zero-order chi connectivity index (χ0) is 20.1. The number of nitrogens with two attached hydrogens (primary N) is 3. The van der Waals surface area contributed by atoms with Crippen LogP contribution in [0, 0.1) is 0 Å². The monoisotopic (exact) mass is 417 g/mol. The number of thiophene rings is 2. The van der Waals surface area contributed by atoms with Crippen molar-refractivity contribution in [3.8, 4) is 0 Å². The van der Waals surface area contributed by atoms with Gasteiger partial charge in [0.1, 0.15) is 5.41 Å². The van der Waals surface area contributed by atoms with Crippen LogP contribution in [-0.4, -0.2) is 38.5 Å². The SMILES string of the molecule is C[C@@H](N)CC1(c2nn[nH]n2)c2sc(C(N)=O)cc2CCc2cc(C(N)=O)sc21. The number of aromatic nitrogens is 4. The van der Waals surface area contributed by atoms with E-state index in [1.807, 2.05) is 19.1 Å². The Morgan fingerprint density at radius 2 is 1.68 bits per heavy atom. The predicted octanol–water partition coefficient (Wildman–Crippen LogP) is 0.691. The van der Waals surface area contributed by atoms with Crippen molar-refractivity contribution in [1.29, 1.82) is 0 Å². The van der Waals surface area contributed by atoms with Crippen LogP contribution in [-0.2, 0) is 18.3 Å². The van der Waals surface area contributed by atoms with Crippen molar-refractivity contribution in [2.75, 3.05) is 0 Å². The van der Waals surface area contributed by atoms with Crippen molar-refractivity contribution in [3.63, 3.8) is 0 Å². The van der Waals surface area contributed by atoms with Crippen LogP contribution in [0.4, 0.5) is 0 Å². The average molecular weight is 418 g/mol. The van der Waals surface area contributed by atoms with E-state index in [4.69, 9.17) is 17.2 Å². The van der Waals surface area contributed by atoms with Crippen LogP contribution in [0.1, 0.15) is 59.4 Å². The Morgan fingerprint density at radius 1 is 1.14 bits per heavy atom. The second-order valence-corrected chi connectivity index (χ2v) is 9.09. The molecule has 0 radical (unpaired) electrons. The van der Waals surface area contributed by atoms with Gasteiger partial charge in [-0.05, 0) is 49.4 Å². The van der Waals surface area contributed by atoms with Gasteiger partial charge >= 0.3 is 0 Å². The maximum atomic E-state index is 11.9. The van der Waals surface area contributed by atoms with Gasteiger partial charge in [0, 0.05) is 15.8 Å². The van der Waals surface area contributed by atoms with Gasteiger partial charge in [0.25, 0.3) is 11.8 Å². The summed E-state index contributed by atoms with van der Waals surface area (Å²) >= 11 is 2.65. The maximum absolute atomic E-state index is 11.9. The molecule has 0 aromatic carbocycles. The number of tetrazole rings is 1. The normalized spacial score (nSPS) is 16.1. The highest BCUT2D eigenvalue weighted by atomic mass is 32.1. The molecule has 4 rings (SSSR count). The second kappa shape index (κ2) is 6.76. The minimum absolute atomic E-state index is 0.212. The van der Waals surface area contributed by atoms with Crippen LogP contribution >= 0.6 is 22.7 Å². The third kappa shape index (κ3) is 2.82. The highest BCUT2D eigenvalue weighted by Crippen LogP contribution is 2.51. The van der Waals surface area contributed by atoms with Crippen LogP contribution in [0.2, 0.25) is 0 Å². The molecule has 7 N–H and O–H groups in total. The number of rotatable bonds is 5. The Hall–Kier alpha value is -2.63. The van der Waals surface area contributed by atoms with Crippen LogP contribution in [0.5, 0.6) is 0 Å². The molecule has 3 aromatic heterocycles. The number of fused-ring (bicyclic) bond motifs is 2. The molecule has 0 spiro atoms. The van der Waals surface area contributed by atoms with E-state index in [9.17, 15) is 9.59 Å². The molecule has 1 aliphatic carbocycles. The van der Waals surface area contributed by atoms with Gasteiger partial charge in [-0.2, -0.15) is 5.21 Å². The van der Waals surface area contributed by atoms with E-state index in [1.165, 1.54) is 22.7 Å². The van der Waals surface area contributed by atoms with Crippen LogP contribution < -0.4 is 17.2 Å². The van der Waals surface area contributed by atoms with Gasteiger partial charge in [0.2, 0.25) is 0 Å².